The van der Waals surface area contributed by atoms with Gasteiger partial charge in [-0.15, -0.1) is 0 Å². The fraction of sp³-hybridized carbons (Fsp3) is 0.857. The molecular weight excluding hydrogens is 214 g/mol. The van der Waals surface area contributed by atoms with Crippen molar-refractivity contribution in [1.82, 2.24) is 4.90 Å². The molecule has 17 heavy (non-hydrogen) atoms. The summed E-state index contributed by atoms with van der Waals surface area (Å²) in [4.78, 5) is 26.1. The van der Waals surface area contributed by atoms with Crippen LogP contribution in [0.1, 0.15) is 52.4 Å². The van der Waals surface area contributed by atoms with Gasteiger partial charge in [0, 0.05) is 30.8 Å². The van der Waals surface area contributed by atoms with E-state index < -0.39 is 0 Å². The SMILES string of the molecule is CC(C)C(=O)N1CCCC1C1CCCCC1=O. The zero-order valence-electron chi connectivity index (χ0n) is 10.9. The number of hydrogen-bond donors (Lipinski definition) is 0. The lowest BCUT2D eigenvalue weighted by molar-refractivity contribution is -0.138. The van der Waals surface area contributed by atoms with Gasteiger partial charge in [0.05, 0.1) is 0 Å². The van der Waals surface area contributed by atoms with Crippen molar-refractivity contribution in [2.75, 3.05) is 6.54 Å². The van der Waals surface area contributed by atoms with Crippen molar-refractivity contribution in [2.24, 2.45) is 11.8 Å². The van der Waals surface area contributed by atoms with Crippen LogP contribution in [0.5, 0.6) is 0 Å². The first-order chi connectivity index (χ1) is 8.11. The first-order valence-corrected chi connectivity index (χ1v) is 6.94. The zero-order valence-corrected chi connectivity index (χ0v) is 10.9. The van der Waals surface area contributed by atoms with Crippen molar-refractivity contribution in [3.8, 4) is 0 Å². The molecule has 1 saturated carbocycles. The van der Waals surface area contributed by atoms with Gasteiger partial charge in [0.25, 0.3) is 0 Å². The summed E-state index contributed by atoms with van der Waals surface area (Å²) >= 11 is 0. The number of nitrogens with zero attached hydrogens (tertiary/aromatic N) is 1. The second-order valence-corrected chi connectivity index (χ2v) is 5.71. The van der Waals surface area contributed by atoms with E-state index in [0.29, 0.717) is 5.78 Å². The number of carbonyl (C=O) groups is 2. The van der Waals surface area contributed by atoms with E-state index >= 15 is 0 Å². The summed E-state index contributed by atoms with van der Waals surface area (Å²) in [6.45, 7) is 4.74. The van der Waals surface area contributed by atoms with Crippen LogP contribution in [0.3, 0.4) is 0 Å². The molecule has 0 radical (unpaired) electrons. The lowest BCUT2D eigenvalue weighted by Gasteiger charge is -2.34. The van der Waals surface area contributed by atoms with Crippen LogP contribution < -0.4 is 0 Å². The number of amides is 1. The molecule has 1 heterocycles. The van der Waals surface area contributed by atoms with Crippen LogP contribution in [-0.2, 0) is 9.59 Å². The van der Waals surface area contributed by atoms with E-state index in [2.05, 4.69) is 0 Å². The fourth-order valence-corrected chi connectivity index (χ4v) is 3.23. The third-order valence-electron chi connectivity index (χ3n) is 4.14. The molecule has 2 aliphatic rings. The van der Waals surface area contributed by atoms with Crippen molar-refractivity contribution in [1.29, 1.82) is 0 Å². The van der Waals surface area contributed by atoms with Crippen LogP contribution in [0.4, 0.5) is 0 Å². The number of carbonyl (C=O) groups excluding carboxylic acids is 2. The van der Waals surface area contributed by atoms with E-state index in [1.807, 2.05) is 18.7 Å². The number of hydrogen-bond acceptors (Lipinski definition) is 2. The van der Waals surface area contributed by atoms with Crippen LogP contribution >= 0.6 is 0 Å². The molecular formula is C14H23NO2. The van der Waals surface area contributed by atoms with Gasteiger partial charge in [-0.2, -0.15) is 0 Å². The molecule has 0 spiro atoms. The highest BCUT2D eigenvalue weighted by Gasteiger charge is 2.39. The Labute approximate surface area is 104 Å². The third-order valence-corrected chi connectivity index (χ3v) is 4.14. The molecule has 1 aliphatic carbocycles. The Morgan fingerprint density at radius 3 is 2.65 bits per heavy atom. The van der Waals surface area contributed by atoms with Crippen LogP contribution in [0, 0.1) is 11.8 Å². The maximum atomic E-state index is 12.1. The molecule has 0 N–H and O–H groups in total. The standard InChI is InChI=1S/C14H23NO2/c1-10(2)14(17)15-9-5-7-12(15)11-6-3-4-8-13(11)16/h10-12H,3-9H2,1-2H3. The van der Waals surface area contributed by atoms with Gasteiger partial charge in [-0.25, -0.2) is 0 Å². The van der Waals surface area contributed by atoms with E-state index in [9.17, 15) is 9.59 Å². The molecule has 3 heteroatoms. The molecule has 2 unspecified atom stereocenters. The summed E-state index contributed by atoms with van der Waals surface area (Å²) < 4.78 is 0. The Balaban J connectivity index is 2.08. The molecule has 1 saturated heterocycles. The normalized spacial score (nSPS) is 30.1. The molecule has 96 valence electrons. The maximum Gasteiger partial charge on any atom is 0.225 e. The van der Waals surface area contributed by atoms with Crippen molar-refractivity contribution >= 4 is 11.7 Å². The Hall–Kier alpha value is -0.860. The van der Waals surface area contributed by atoms with Gasteiger partial charge in [-0.05, 0) is 25.7 Å². The molecule has 0 aromatic rings. The first kappa shape index (κ1) is 12.6. The number of ketones is 1. The largest absolute Gasteiger partial charge is 0.339 e. The average Bonchev–Trinajstić information content (AvgIpc) is 2.77. The quantitative estimate of drug-likeness (QED) is 0.739. The second-order valence-electron chi connectivity index (χ2n) is 5.71. The van der Waals surface area contributed by atoms with Gasteiger partial charge in [-0.3, -0.25) is 9.59 Å². The predicted octanol–water partition coefficient (Wildman–Crippen LogP) is 2.39. The highest BCUT2D eigenvalue weighted by atomic mass is 16.2. The molecule has 1 amide bonds. The minimum Gasteiger partial charge on any atom is -0.339 e. The van der Waals surface area contributed by atoms with Crippen LogP contribution in [-0.4, -0.2) is 29.2 Å². The number of likely N-dealkylation sites (tertiary alicyclic amines) is 1. The molecule has 0 aromatic heterocycles. The topological polar surface area (TPSA) is 37.4 Å². The zero-order chi connectivity index (χ0) is 12.4. The van der Waals surface area contributed by atoms with Crippen molar-refractivity contribution in [3.63, 3.8) is 0 Å². The second kappa shape index (κ2) is 5.19. The van der Waals surface area contributed by atoms with Gasteiger partial charge >= 0.3 is 0 Å². The summed E-state index contributed by atoms with van der Waals surface area (Å²) in [5.41, 5.74) is 0. The minimum atomic E-state index is 0.0503. The van der Waals surface area contributed by atoms with E-state index in [0.717, 1.165) is 45.1 Å². The molecule has 2 rings (SSSR count). The predicted molar refractivity (Wildman–Crippen MR) is 66.5 cm³/mol. The molecule has 0 bridgehead atoms. The monoisotopic (exact) mass is 237 g/mol. The van der Waals surface area contributed by atoms with Gasteiger partial charge in [0.1, 0.15) is 5.78 Å². The molecule has 1 aliphatic heterocycles. The summed E-state index contributed by atoms with van der Waals surface area (Å²) in [6, 6.07) is 0.206. The maximum absolute atomic E-state index is 12.1. The Morgan fingerprint density at radius 1 is 1.24 bits per heavy atom. The summed E-state index contributed by atoms with van der Waals surface area (Å²) in [5, 5.41) is 0. The minimum absolute atomic E-state index is 0.0503. The van der Waals surface area contributed by atoms with Crippen LogP contribution in [0.25, 0.3) is 0 Å². The lowest BCUT2D eigenvalue weighted by atomic mass is 9.81. The van der Waals surface area contributed by atoms with Gasteiger partial charge in [0.15, 0.2) is 0 Å². The molecule has 2 atom stereocenters. The van der Waals surface area contributed by atoms with Gasteiger partial charge < -0.3 is 4.90 Å². The highest BCUT2D eigenvalue weighted by Crippen LogP contribution is 2.33. The van der Waals surface area contributed by atoms with E-state index in [4.69, 9.17) is 0 Å². The Kier molecular flexibility index (Phi) is 3.85. The molecule has 0 aromatic carbocycles. The third kappa shape index (κ3) is 2.53. The summed E-state index contributed by atoms with van der Waals surface area (Å²) in [7, 11) is 0. The van der Waals surface area contributed by atoms with Crippen molar-refractivity contribution in [3.05, 3.63) is 0 Å². The Morgan fingerprint density at radius 2 is 2.00 bits per heavy atom. The van der Waals surface area contributed by atoms with Crippen molar-refractivity contribution in [2.45, 2.75) is 58.4 Å². The van der Waals surface area contributed by atoms with E-state index in [-0.39, 0.29) is 23.8 Å². The summed E-state index contributed by atoms with van der Waals surface area (Å²) in [5.74, 6) is 0.804. The molecule has 2 fully saturated rings. The summed E-state index contributed by atoms with van der Waals surface area (Å²) in [6.07, 6.45) is 5.99. The Bertz CT molecular complexity index is 311. The number of Topliss-reactive ketones (excluding diaryl/α,β-unsaturated/α-hetero) is 1. The van der Waals surface area contributed by atoms with Crippen LogP contribution in [0.15, 0.2) is 0 Å². The fourth-order valence-electron chi connectivity index (χ4n) is 3.23. The van der Waals surface area contributed by atoms with Crippen LogP contribution in [0.2, 0.25) is 0 Å². The smallest absolute Gasteiger partial charge is 0.225 e. The molecule has 3 nitrogen and oxygen atoms in total. The average molecular weight is 237 g/mol. The van der Waals surface area contributed by atoms with E-state index in [1.165, 1.54) is 0 Å². The van der Waals surface area contributed by atoms with Gasteiger partial charge in [0.2, 0.25) is 5.91 Å². The highest BCUT2D eigenvalue weighted by molar-refractivity contribution is 5.84. The number of rotatable bonds is 2. The van der Waals surface area contributed by atoms with Crippen molar-refractivity contribution < 1.29 is 9.59 Å². The van der Waals surface area contributed by atoms with Gasteiger partial charge in [-0.1, -0.05) is 20.3 Å². The lowest BCUT2D eigenvalue weighted by Crippen LogP contribution is -2.45. The van der Waals surface area contributed by atoms with E-state index in [1.54, 1.807) is 0 Å². The first-order valence-electron chi connectivity index (χ1n) is 6.94.